The number of methoxy groups -OCH3 is 1. The number of nitrogens with zero attached hydrogens (tertiary/aromatic N) is 3. The van der Waals surface area contributed by atoms with Crippen LogP contribution in [0.25, 0.3) is 15.8 Å². The first-order valence-corrected chi connectivity index (χ1v) is 12.4. The van der Waals surface area contributed by atoms with Crippen molar-refractivity contribution in [3.05, 3.63) is 52.7 Å². The minimum atomic E-state index is -4.46. The molecule has 0 radical (unpaired) electrons. The number of fused-ring (bicyclic) bond motifs is 1. The van der Waals surface area contributed by atoms with Gasteiger partial charge in [-0.05, 0) is 48.7 Å². The number of rotatable bonds is 6. The van der Waals surface area contributed by atoms with E-state index in [0.29, 0.717) is 24.5 Å². The van der Waals surface area contributed by atoms with Crippen molar-refractivity contribution in [1.82, 2.24) is 14.9 Å². The topological polar surface area (TPSA) is 93.4 Å². The Labute approximate surface area is 213 Å². The van der Waals surface area contributed by atoms with Gasteiger partial charge in [-0.2, -0.15) is 13.2 Å². The van der Waals surface area contributed by atoms with Crippen molar-refractivity contribution in [3.63, 3.8) is 0 Å². The van der Waals surface area contributed by atoms with Crippen molar-refractivity contribution in [2.75, 3.05) is 37.9 Å². The summed E-state index contributed by atoms with van der Waals surface area (Å²) >= 11 is 1.52. The zero-order chi connectivity index (χ0) is 26.7. The lowest BCUT2D eigenvalue weighted by Crippen LogP contribution is -2.26. The van der Waals surface area contributed by atoms with Crippen molar-refractivity contribution in [3.8, 4) is 0 Å². The Morgan fingerprint density at radius 1 is 1.22 bits per heavy atom. The number of carbonyl (C=O) groups is 1. The van der Waals surface area contributed by atoms with Crippen LogP contribution < -0.4 is 11.1 Å². The van der Waals surface area contributed by atoms with Gasteiger partial charge >= 0.3 is 6.18 Å². The van der Waals surface area contributed by atoms with E-state index >= 15 is 0 Å². The molecule has 7 nitrogen and oxygen atoms in total. The third kappa shape index (κ3) is 7.92. The molecule has 0 fully saturated rings. The number of benzene rings is 1. The Bertz CT molecular complexity index is 1160. The second kappa shape index (κ2) is 13.8. The molecule has 3 aromatic rings. The summed E-state index contributed by atoms with van der Waals surface area (Å²) in [7, 11) is 1.68. The van der Waals surface area contributed by atoms with Crippen molar-refractivity contribution in [2.45, 2.75) is 39.9 Å². The van der Waals surface area contributed by atoms with Gasteiger partial charge in [0.25, 0.3) is 0 Å². The van der Waals surface area contributed by atoms with Crippen molar-refractivity contribution in [1.29, 1.82) is 0 Å². The predicted molar refractivity (Wildman–Crippen MR) is 140 cm³/mol. The van der Waals surface area contributed by atoms with Gasteiger partial charge in [0.1, 0.15) is 17.0 Å². The van der Waals surface area contributed by atoms with Gasteiger partial charge in [0, 0.05) is 43.9 Å². The van der Waals surface area contributed by atoms with Gasteiger partial charge in [0.15, 0.2) is 0 Å². The molecule has 0 saturated heterocycles. The number of hydrogen-bond donors (Lipinski definition) is 2. The number of alkyl halides is 3. The fourth-order valence-corrected chi connectivity index (χ4v) is 4.40. The molecule has 2 aromatic heterocycles. The quantitative estimate of drug-likeness (QED) is 0.312. The number of carbonyl (C=O) groups excluding carboxylic acids is 1. The van der Waals surface area contributed by atoms with E-state index in [1.807, 2.05) is 32.9 Å². The summed E-state index contributed by atoms with van der Waals surface area (Å²) in [6, 6.07) is 5.48. The van der Waals surface area contributed by atoms with Gasteiger partial charge in [-0.3, -0.25) is 4.79 Å². The fourth-order valence-electron chi connectivity index (χ4n) is 3.33. The summed E-state index contributed by atoms with van der Waals surface area (Å²) in [5.41, 5.74) is 6.47. The van der Waals surface area contributed by atoms with E-state index in [9.17, 15) is 18.0 Å². The van der Waals surface area contributed by atoms with Gasteiger partial charge in [-0.25, -0.2) is 9.97 Å². The van der Waals surface area contributed by atoms with E-state index in [-0.39, 0.29) is 12.2 Å². The lowest BCUT2D eigenvalue weighted by atomic mass is 10.1. The molecular weight excluding hydrogens is 491 g/mol. The number of hydrogen-bond acceptors (Lipinski definition) is 7. The molecule has 4 rings (SSSR count). The molecule has 0 spiro atoms. The Morgan fingerprint density at radius 3 is 2.53 bits per heavy atom. The summed E-state index contributed by atoms with van der Waals surface area (Å²) in [5.74, 6) is 0.546. The predicted octanol–water partition coefficient (Wildman–Crippen LogP) is 5.83. The highest BCUT2D eigenvalue weighted by Gasteiger charge is 2.31. The number of nitrogen functional groups attached to an aromatic ring is 1. The van der Waals surface area contributed by atoms with Crippen molar-refractivity contribution >= 4 is 45.0 Å². The first kappa shape index (κ1) is 29.1. The highest BCUT2D eigenvalue weighted by atomic mass is 32.1. The average Bonchev–Trinajstić information content (AvgIpc) is 3.33. The summed E-state index contributed by atoms with van der Waals surface area (Å²) in [5, 5.41) is 3.90. The molecule has 196 valence electrons. The number of ether oxygens (including phenoxy) is 1. The third-order valence-electron chi connectivity index (χ3n) is 5.13. The molecule has 11 heteroatoms. The van der Waals surface area contributed by atoms with E-state index in [1.165, 1.54) is 23.7 Å². The van der Waals surface area contributed by atoms with Crippen LogP contribution in [0.5, 0.6) is 0 Å². The molecule has 1 amide bonds. The van der Waals surface area contributed by atoms with Crippen molar-refractivity contribution < 1.29 is 22.7 Å². The van der Waals surface area contributed by atoms with Crippen LogP contribution in [0.4, 0.5) is 24.7 Å². The minimum absolute atomic E-state index is 0.0564. The van der Waals surface area contributed by atoms with Crippen LogP contribution >= 0.6 is 11.3 Å². The van der Waals surface area contributed by atoms with E-state index in [1.54, 1.807) is 12.0 Å². The summed E-state index contributed by atoms with van der Waals surface area (Å²) in [6.07, 6.45) is 0.586. The summed E-state index contributed by atoms with van der Waals surface area (Å²) in [6.45, 7) is 8.15. The summed E-state index contributed by atoms with van der Waals surface area (Å²) < 4.78 is 43.6. The van der Waals surface area contributed by atoms with Crippen molar-refractivity contribution in [2.24, 2.45) is 0 Å². The number of halogens is 3. The average molecular weight is 524 g/mol. The molecule has 1 aromatic carbocycles. The monoisotopic (exact) mass is 523 g/mol. The standard InChI is InChI=1S/C20H18F3N5OS.C3H8O.C2H6/c21-20(22,23)14-5-12(6-15(24)7-14)9-25-18-16-8-17(30-19(16)27-10-26-18)13-1-3-28(11-29)4-2-13;1-3-4-2;1-2/h1,5-8,10-11H,2-4,9,24H2,(H,25,26,27);3H2,1-2H3;1-2H3. The van der Waals surface area contributed by atoms with Gasteiger partial charge < -0.3 is 20.7 Å². The molecule has 0 bridgehead atoms. The first-order chi connectivity index (χ1) is 17.2. The highest BCUT2D eigenvalue weighted by molar-refractivity contribution is 7.19. The Balaban J connectivity index is 0.000000694. The largest absolute Gasteiger partial charge is 0.416 e. The number of thiophene rings is 1. The van der Waals surface area contributed by atoms with E-state index in [4.69, 9.17) is 5.73 Å². The van der Waals surface area contributed by atoms with E-state index in [0.717, 1.165) is 52.2 Å². The highest BCUT2D eigenvalue weighted by Crippen LogP contribution is 2.35. The van der Waals surface area contributed by atoms with Crippen LogP contribution in [-0.4, -0.2) is 48.1 Å². The van der Waals surface area contributed by atoms with Gasteiger partial charge in [0.05, 0.1) is 10.9 Å². The molecule has 36 heavy (non-hydrogen) atoms. The SMILES string of the molecule is CC.CCOC.Nc1cc(CNc2ncnc3sc(C4=CCN(C=O)CC4)cc23)cc(C(F)(F)F)c1. The zero-order valence-corrected chi connectivity index (χ0v) is 21.7. The Hall–Kier alpha value is -3.18. The van der Waals surface area contributed by atoms with Crippen LogP contribution in [-0.2, 0) is 22.3 Å². The van der Waals surface area contributed by atoms with E-state index in [2.05, 4.69) is 20.0 Å². The normalized spacial score (nSPS) is 13.2. The first-order valence-electron chi connectivity index (χ1n) is 11.6. The number of anilines is 2. The number of nitrogens with one attached hydrogen (secondary N) is 1. The Kier molecular flexibility index (Phi) is 11.1. The third-order valence-corrected chi connectivity index (χ3v) is 6.25. The van der Waals surface area contributed by atoms with Crippen LogP contribution in [0.3, 0.4) is 0 Å². The number of amides is 1. The van der Waals surface area contributed by atoms with Crippen LogP contribution in [0, 0.1) is 0 Å². The molecule has 0 unspecified atom stereocenters. The summed E-state index contributed by atoms with van der Waals surface area (Å²) in [4.78, 5) is 23.0. The molecule has 3 N–H and O–H groups in total. The molecule has 0 atom stereocenters. The van der Waals surface area contributed by atoms with Gasteiger partial charge in [0.2, 0.25) is 6.41 Å². The number of nitrogens with two attached hydrogens (primary N) is 1. The molecular formula is C25H32F3N5O2S. The maximum absolute atomic E-state index is 13.0. The molecule has 1 aliphatic heterocycles. The van der Waals surface area contributed by atoms with Crippen LogP contribution in [0.1, 0.15) is 43.2 Å². The molecule has 3 heterocycles. The lowest BCUT2D eigenvalue weighted by molar-refractivity contribution is -0.137. The molecule has 0 aliphatic carbocycles. The van der Waals surface area contributed by atoms with Gasteiger partial charge in [-0.15, -0.1) is 11.3 Å². The molecule has 1 aliphatic rings. The lowest BCUT2D eigenvalue weighted by Gasteiger charge is -2.21. The fraction of sp³-hybridized carbons (Fsp3) is 0.400. The second-order valence-electron chi connectivity index (χ2n) is 7.52. The minimum Gasteiger partial charge on any atom is -0.399 e. The van der Waals surface area contributed by atoms with E-state index < -0.39 is 11.7 Å². The van der Waals surface area contributed by atoms with Gasteiger partial charge in [-0.1, -0.05) is 19.9 Å². The maximum Gasteiger partial charge on any atom is 0.416 e. The zero-order valence-electron chi connectivity index (χ0n) is 20.9. The van der Waals surface area contributed by atoms with Crippen LogP contribution in [0.2, 0.25) is 0 Å². The smallest absolute Gasteiger partial charge is 0.399 e. The molecule has 0 saturated carbocycles. The Morgan fingerprint density at radius 2 is 1.94 bits per heavy atom. The second-order valence-corrected chi connectivity index (χ2v) is 8.55. The van der Waals surface area contributed by atoms with Crippen LogP contribution in [0.15, 0.2) is 36.7 Å². The maximum atomic E-state index is 13.0. The number of aromatic nitrogens is 2.